The smallest absolute Gasteiger partial charge is 0.258 e. The number of hydrogen-bond donors (Lipinski definition) is 0. The first-order chi connectivity index (χ1) is 5.65. The molecule has 0 aliphatic rings. The minimum absolute atomic E-state index is 0.119. The van der Waals surface area contributed by atoms with E-state index in [1.807, 2.05) is 0 Å². The maximum Gasteiger partial charge on any atom is 0.269 e. The van der Waals surface area contributed by atoms with Gasteiger partial charge in [0.05, 0.1) is 17.9 Å². The quantitative estimate of drug-likeness (QED) is 0.448. The molecule has 0 radical (unpaired) electrons. The van der Waals surface area contributed by atoms with Gasteiger partial charge in [-0.05, 0) is 12.1 Å². The van der Waals surface area contributed by atoms with Crippen molar-refractivity contribution in [3.8, 4) is 6.07 Å². The molecule has 0 aliphatic heterocycles. The van der Waals surface area contributed by atoms with Gasteiger partial charge >= 0.3 is 0 Å². The Morgan fingerprint density at radius 3 is 2.82 bits per heavy atom. The van der Waals surface area contributed by atoms with Crippen molar-refractivity contribution >= 4 is 5.69 Å². The maximum atomic E-state index is 10.2. The molecule has 0 atom stereocenters. The van der Waals surface area contributed by atoms with Crippen LogP contribution in [-0.2, 0) is 0 Å². The van der Waals surface area contributed by atoms with Crippen molar-refractivity contribution in [2.45, 2.75) is 0 Å². The highest BCUT2D eigenvalue weighted by atomic mass is 16.6. The summed E-state index contributed by atoms with van der Waals surface area (Å²) >= 11 is 0. The van der Waals surface area contributed by atoms with Gasteiger partial charge < -0.3 is 0 Å². The summed E-state index contributed by atoms with van der Waals surface area (Å²) in [6, 6.07) is 5.16. The number of hydrogen-bond acceptors (Lipinski definition) is 3. The fourth-order valence-corrected chi connectivity index (χ4v) is 0.600. The monoisotopic (exact) mass is 149 g/mol. The number of non-ortho nitro benzene ring substituents is 1. The molecule has 0 spiro atoms. The highest BCUT2D eigenvalue weighted by Crippen LogP contribution is 2.10. The molecule has 0 N–H and O–H groups in total. The van der Waals surface area contributed by atoms with Crippen molar-refractivity contribution < 1.29 is 6.29 Å². The predicted molar refractivity (Wildman–Crippen MR) is 37.8 cm³/mol. The molecule has 0 amide bonds. The molecule has 0 bridgehead atoms. The zero-order chi connectivity index (χ0) is 9.14. The molecule has 54 valence electrons. The normalized spacial score (nSPS) is 9.91. The lowest BCUT2D eigenvalue weighted by atomic mass is 10.2. The summed E-state index contributed by atoms with van der Waals surface area (Å²) in [5.74, 6) is 0. The van der Waals surface area contributed by atoms with Crippen LogP contribution in [0.5, 0.6) is 0 Å². The second-order valence-electron chi connectivity index (χ2n) is 1.83. The standard InChI is InChI=1S/C7H4N2O2/c8-5-6-1-3-7(4-2-6)9(10)11/h1-4H/i1D. The van der Waals surface area contributed by atoms with Crippen molar-refractivity contribution in [1.82, 2.24) is 0 Å². The van der Waals surface area contributed by atoms with E-state index in [0.717, 1.165) is 6.07 Å². The minimum atomic E-state index is -0.598. The van der Waals surface area contributed by atoms with Gasteiger partial charge in [0.15, 0.2) is 0 Å². The van der Waals surface area contributed by atoms with E-state index in [9.17, 15) is 10.1 Å². The molecular weight excluding hydrogens is 144 g/mol. The largest absolute Gasteiger partial charge is 0.269 e. The number of nitro groups is 1. The molecule has 4 heteroatoms. The van der Waals surface area contributed by atoms with Crippen molar-refractivity contribution in [3.63, 3.8) is 0 Å². The molecule has 0 unspecified atom stereocenters. The fourth-order valence-electron chi connectivity index (χ4n) is 0.600. The average molecular weight is 149 g/mol. The summed E-state index contributed by atoms with van der Waals surface area (Å²) in [7, 11) is 0. The Morgan fingerprint density at radius 2 is 2.36 bits per heavy atom. The van der Waals surface area contributed by atoms with Crippen molar-refractivity contribution in [2.75, 3.05) is 0 Å². The van der Waals surface area contributed by atoms with Crippen LogP contribution in [0.1, 0.15) is 6.93 Å². The molecule has 0 aromatic heterocycles. The van der Waals surface area contributed by atoms with Gasteiger partial charge in [-0.25, -0.2) is 0 Å². The maximum absolute atomic E-state index is 10.2. The van der Waals surface area contributed by atoms with Crippen molar-refractivity contribution in [3.05, 3.63) is 39.9 Å². The highest BCUT2D eigenvalue weighted by Gasteiger charge is 2.02. The molecule has 0 fully saturated rings. The summed E-state index contributed by atoms with van der Waals surface area (Å²) in [5.41, 5.74) is -0.0281. The molecule has 11 heavy (non-hydrogen) atoms. The van der Waals surface area contributed by atoms with E-state index in [0.29, 0.717) is 0 Å². The Balaban J connectivity index is 3.21. The highest BCUT2D eigenvalue weighted by molar-refractivity contribution is 5.38. The van der Waals surface area contributed by atoms with Crippen LogP contribution in [0.25, 0.3) is 0 Å². The molecule has 4 nitrogen and oxygen atoms in total. The third-order valence-electron chi connectivity index (χ3n) is 1.13. The van der Waals surface area contributed by atoms with Gasteiger partial charge in [0, 0.05) is 12.1 Å². The summed E-state index contributed by atoms with van der Waals surface area (Å²) in [6.45, 7) is 0. The van der Waals surface area contributed by atoms with Crippen LogP contribution in [0, 0.1) is 21.4 Å². The first kappa shape index (κ1) is 5.86. The number of nitro benzene ring substituents is 1. The number of nitrogens with zero attached hydrogens (tertiary/aromatic N) is 2. The minimum Gasteiger partial charge on any atom is -0.258 e. The first-order valence-corrected chi connectivity index (χ1v) is 2.80. The number of nitriles is 1. The van der Waals surface area contributed by atoms with Gasteiger partial charge in [-0.15, -0.1) is 0 Å². The summed E-state index contributed by atoms with van der Waals surface area (Å²) in [6.07, 6.45) is 0. The fraction of sp³-hybridized carbons (Fsp3) is 0. The lowest BCUT2D eigenvalue weighted by Crippen LogP contribution is -1.86. The Kier molecular flexibility index (Phi) is 1.49. The lowest BCUT2D eigenvalue weighted by Gasteiger charge is -1.88. The molecule has 0 saturated carbocycles. The summed E-state index contributed by atoms with van der Waals surface area (Å²) in [5, 5.41) is 18.6. The van der Waals surface area contributed by atoms with Crippen LogP contribution in [0.15, 0.2) is 24.2 Å². The Hall–Kier alpha value is -1.89. The van der Waals surface area contributed by atoms with E-state index in [4.69, 9.17) is 6.63 Å². The zero-order valence-electron chi connectivity index (χ0n) is 6.44. The third kappa shape index (κ3) is 1.52. The van der Waals surface area contributed by atoms with Gasteiger partial charge in [0.25, 0.3) is 5.69 Å². The third-order valence-corrected chi connectivity index (χ3v) is 1.13. The van der Waals surface area contributed by atoms with Crippen LogP contribution in [0.3, 0.4) is 0 Å². The molecule has 0 heterocycles. The van der Waals surface area contributed by atoms with E-state index in [1.165, 1.54) is 12.1 Å². The Morgan fingerprint density at radius 1 is 1.64 bits per heavy atom. The number of benzene rings is 1. The van der Waals surface area contributed by atoms with Crippen LogP contribution in [0.4, 0.5) is 5.69 Å². The van der Waals surface area contributed by atoms with Gasteiger partial charge in [-0.3, -0.25) is 10.1 Å². The van der Waals surface area contributed by atoms with Crippen LogP contribution in [0.2, 0.25) is 0 Å². The second-order valence-corrected chi connectivity index (χ2v) is 1.83. The van der Waals surface area contributed by atoms with E-state index < -0.39 is 4.92 Å². The van der Waals surface area contributed by atoms with Crippen LogP contribution < -0.4 is 0 Å². The molecular formula is C7H4N2O2. The van der Waals surface area contributed by atoms with E-state index in [1.54, 1.807) is 6.07 Å². The van der Waals surface area contributed by atoms with Gasteiger partial charge in [0.1, 0.15) is 0 Å². The molecule has 0 aliphatic carbocycles. The Labute approximate surface area is 64.2 Å². The average Bonchev–Trinajstić information content (AvgIpc) is 2.04. The van der Waals surface area contributed by atoms with Gasteiger partial charge in [0.2, 0.25) is 0 Å². The zero-order valence-corrected chi connectivity index (χ0v) is 5.44. The number of rotatable bonds is 1. The topological polar surface area (TPSA) is 66.9 Å². The Bertz CT molecular complexity index is 370. The molecule has 0 saturated heterocycles. The van der Waals surface area contributed by atoms with E-state index >= 15 is 0 Å². The predicted octanol–water partition coefficient (Wildman–Crippen LogP) is 1.47. The van der Waals surface area contributed by atoms with E-state index in [-0.39, 0.29) is 17.3 Å². The van der Waals surface area contributed by atoms with E-state index in [2.05, 4.69) is 0 Å². The van der Waals surface area contributed by atoms with Crippen molar-refractivity contribution in [1.29, 1.82) is 5.26 Å². The van der Waals surface area contributed by atoms with Crippen LogP contribution >= 0.6 is 0 Å². The second kappa shape index (κ2) is 2.80. The van der Waals surface area contributed by atoms with Gasteiger partial charge in [-0.2, -0.15) is 5.26 Å². The molecule has 1 aromatic carbocycles. The summed E-state index contributed by atoms with van der Waals surface area (Å²) in [4.78, 5) is 9.59. The SMILES string of the molecule is [2H]c1cc([N+](=O)[O-])ccc1C#N. The van der Waals surface area contributed by atoms with Crippen molar-refractivity contribution in [2.24, 2.45) is 0 Å². The molecule has 1 rings (SSSR count). The van der Waals surface area contributed by atoms with Crippen LogP contribution in [-0.4, -0.2) is 4.92 Å². The van der Waals surface area contributed by atoms with Gasteiger partial charge in [-0.1, -0.05) is 0 Å². The summed E-state index contributed by atoms with van der Waals surface area (Å²) < 4.78 is 7.18. The first-order valence-electron chi connectivity index (χ1n) is 3.30. The lowest BCUT2D eigenvalue weighted by molar-refractivity contribution is -0.384. The molecule has 1 aromatic rings.